The molecule has 0 unspecified atom stereocenters. The highest BCUT2D eigenvalue weighted by Gasteiger charge is 2.08. The molecule has 0 saturated carbocycles. The molecule has 0 saturated heterocycles. The summed E-state index contributed by atoms with van der Waals surface area (Å²) in [5.41, 5.74) is 10.8. The van der Waals surface area contributed by atoms with E-state index in [9.17, 15) is 0 Å². The van der Waals surface area contributed by atoms with E-state index in [1.165, 1.54) is 0 Å². The van der Waals surface area contributed by atoms with E-state index in [1.807, 2.05) is 37.5 Å². The van der Waals surface area contributed by atoms with Crippen LogP contribution in [0.3, 0.4) is 0 Å². The van der Waals surface area contributed by atoms with E-state index in [0.29, 0.717) is 6.54 Å². The lowest BCUT2D eigenvalue weighted by Crippen LogP contribution is -1.96. The largest absolute Gasteiger partial charge is 0.338 e. The van der Waals surface area contributed by atoms with E-state index in [-0.39, 0.29) is 0 Å². The van der Waals surface area contributed by atoms with Crippen molar-refractivity contribution in [2.75, 3.05) is 0 Å². The van der Waals surface area contributed by atoms with Crippen LogP contribution in [-0.4, -0.2) is 15.0 Å². The van der Waals surface area contributed by atoms with Crippen molar-refractivity contribution in [3.8, 4) is 11.4 Å². The highest BCUT2D eigenvalue weighted by molar-refractivity contribution is 5.82. The number of rotatable bonds is 2. The fourth-order valence-electron chi connectivity index (χ4n) is 2.08. The van der Waals surface area contributed by atoms with Gasteiger partial charge in [-0.3, -0.25) is 4.98 Å². The Labute approximate surface area is 105 Å². The van der Waals surface area contributed by atoms with Gasteiger partial charge >= 0.3 is 0 Å². The van der Waals surface area contributed by atoms with Gasteiger partial charge in [0.25, 0.3) is 0 Å². The molecule has 0 amide bonds. The summed E-state index contributed by atoms with van der Waals surface area (Å²) in [4.78, 5) is 12.1. The van der Waals surface area contributed by atoms with Crippen molar-refractivity contribution >= 4 is 11.0 Å². The number of H-pyrrole nitrogens is 1. The van der Waals surface area contributed by atoms with Gasteiger partial charge in [-0.1, -0.05) is 12.1 Å². The number of nitrogens with one attached hydrogen (secondary N) is 1. The van der Waals surface area contributed by atoms with Crippen LogP contribution in [-0.2, 0) is 6.54 Å². The molecule has 3 aromatic rings. The summed E-state index contributed by atoms with van der Waals surface area (Å²) in [7, 11) is 0. The number of aryl methyl sites for hydroxylation is 1. The van der Waals surface area contributed by atoms with E-state index >= 15 is 0 Å². The van der Waals surface area contributed by atoms with Gasteiger partial charge in [0, 0.05) is 24.5 Å². The number of pyridine rings is 1. The van der Waals surface area contributed by atoms with E-state index in [4.69, 9.17) is 5.73 Å². The van der Waals surface area contributed by atoms with Gasteiger partial charge in [0.1, 0.15) is 5.82 Å². The second-order valence-electron chi connectivity index (χ2n) is 4.35. The molecule has 0 bridgehead atoms. The van der Waals surface area contributed by atoms with Crippen molar-refractivity contribution in [2.45, 2.75) is 13.5 Å². The predicted octanol–water partition coefficient (Wildman–Crippen LogP) is 2.39. The van der Waals surface area contributed by atoms with Crippen LogP contribution in [0.1, 0.15) is 11.1 Å². The zero-order valence-electron chi connectivity index (χ0n) is 10.1. The molecule has 0 atom stereocenters. The Morgan fingerprint density at radius 2 is 2.17 bits per heavy atom. The smallest absolute Gasteiger partial charge is 0.140 e. The molecule has 0 aliphatic rings. The maximum atomic E-state index is 5.72. The molecule has 18 heavy (non-hydrogen) atoms. The molecule has 4 nitrogen and oxygen atoms in total. The van der Waals surface area contributed by atoms with Crippen LogP contribution in [0, 0.1) is 6.92 Å². The Morgan fingerprint density at radius 3 is 2.94 bits per heavy atom. The van der Waals surface area contributed by atoms with Crippen LogP contribution in [0.4, 0.5) is 0 Å². The standard InChI is InChI=1S/C14H14N4/c1-9-5-11(8-16-7-9)14-17-12-4-2-3-10(6-15)13(12)18-14/h2-5,7-8H,6,15H2,1H3,(H,17,18). The van der Waals surface area contributed by atoms with Gasteiger partial charge in [-0.05, 0) is 30.2 Å². The third-order valence-electron chi connectivity index (χ3n) is 2.96. The molecule has 2 aromatic heterocycles. The summed E-state index contributed by atoms with van der Waals surface area (Å²) in [6.45, 7) is 2.51. The quantitative estimate of drug-likeness (QED) is 0.720. The second-order valence-corrected chi connectivity index (χ2v) is 4.35. The molecule has 2 heterocycles. The SMILES string of the molecule is Cc1cncc(-c2nc3c(CN)cccc3[nH]2)c1. The molecule has 4 heteroatoms. The first-order valence-electron chi connectivity index (χ1n) is 5.87. The number of fused-ring (bicyclic) bond motifs is 1. The summed E-state index contributed by atoms with van der Waals surface area (Å²) in [5.74, 6) is 0.835. The summed E-state index contributed by atoms with van der Waals surface area (Å²) in [5, 5.41) is 0. The van der Waals surface area contributed by atoms with E-state index in [2.05, 4.69) is 21.0 Å². The normalized spacial score (nSPS) is 11.0. The zero-order chi connectivity index (χ0) is 12.5. The van der Waals surface area contributed by atoms with Gasteiger partial charge in [0.05, 0.1) is 11.0 Å². The number of para-hydroxylation sites is 1. The van der Waals surface area contributed by atoms with Gasteiger partial charge in [0.2, 0.25) is 0 Å². The minimum atomic E-state index is 0.494. The molecule has 0 spiro atoms. The molecule has 0 radical (unpaired) electrons. The van der Waals surface area contributed by atoms with Crippen molar-refractivity contribution in [3.63, 3.8) is 0 Å². The maximum Gasteiger partial charge on any atom is 0.140 e. The van der Waals surface area contributed by atoms with Crippen molar-refractivity contribution in [1.82, 2.24) is 15.0 Å². The van der Waals surface area contributed by atoms with Crippen LogP contribution >= 0.6 is 0 Å². The van der Waals surface area contributed by atoms with E-state index in [0.717, 1.165) is 33.5 Å². The molecular weight excluding hydrogens is 224 g/mol. The van der Waals surface area contributed by atoms with Crippen molar-refractivity contribution in [1.29, 1.82) is 0 Å². The topological polar surface area (TPSA) is 67.6 Å². The van der Waals surface area contributed by atoms with Crippen molar-refractivity contribution in [2.24, 2.45) is 5.73 Å². The average molecular weight is 238 g/mol. The first-order chi connectivity index (χ1) is 8.78. The minimum absolute atomic E-state index is 0.494. The first kappa shape index (κ1) is 10.9. The number of nitrogens with zero attached hydrogens (tertiary/aromatic N) is 2. The Kier molecular flexibility index (Phi) is 2.57. The highest BCUT2D eigenvalue weighted by atomic mass is 14.9. The predicted molar refractivity (Wildman–Crippen MR) is 72.0 cm³/mol. The van der Waals surface area contributed by atoms with Crippen LogP contribution in [0.5, 0.6) is 0 Å². The number of imidazole rings is 1. The fourth-order valence-corrected chi connectivity index (χ4v) is 2.08. The summed E-state index contributed by atoms with van der Waals surface area (Å²) >= 11 is 0. The molecule has 3 rings (SSSR count). The molecule has 0 fully saturated rings. The Hall–Kier alpha value is -2.20. The number of hydrogen-bond acceptors (Lipinski definition) is 3. The average Bonchev–Trinajstić information content (AvgIpc) is 2.82. The van der Waals surface area contributed by atoms with E-state index in [1.54, 1.807) is 0 Å². The number of hydrogen-bond donors (Lipinski definition) is 2. The van der Waals surface area contributed by atoms with Crippen LogP contribution < -0.4 is 5.73 Å². The second kappa shape index (κ2) is 4.23. The Morgan fingerprint density at radius 1 is 1.28 bits per heavy atom. The first-order valence-corrected chi connectivity index (χ1v) is 5.87. The summed E-state index contributed by atoms with van der Waals surface area (Å²) in [6.07, 6.45) is 3.64. The summed E-state index contributed by atoms with van der Waals surface area (Å²) < 4.78 is 0. The molecule has 0 aliphatic carbocycles. The van der Waals surface area contributed by atoms with Crippen molar-refractivity contribution in [3.05, 3.63) is 47.8 Å². The van der Waals surface area contributed by atoms with Gasteiger partial charge in [0.15, 0.2) is 0 Å². The van der Waals surface area contributed by atoms with Gasteiger partial charge in [-0.2, -0.15) is 0 Å². The molecule has 0 aliphatic heterocycles. The molecule has 1 aromatic carbocycles. The molecule has 90 valence electrons. The van der Waals surface area contributed by atoms with E-state index < -0.39 is 0 Å². The van der Waals surface area contributed by atoms with Crippen LogP contribution in [0.25, 0.3) is 22.4 Å². The highest BCUT2D eigenvalue weighted by Crippen LogP contribution is 2.22. The lowest BCUT2D eigenvalue weighted by atomic mass is 10.2. The lowest BCUT2D eigenvalue weighted by molar-refractivity contribution is 1.08. The number of aromatic amines is 1. The minimum Gasteiger partial charge on any atom is -0.338 e. The summed E-state index contributed by atoms with van der Waals surface area (Å²) in [6, 6.07) is 8.06. The Balaban J connectivity index is 2.19. The number of aromatic nitrogens is 3. The Bertz CT molecular complexity index is 700. The zero-order valence-corrected chi connectivity index (χ0v) is 10.1. The maximum absolute atomic E-state index is 5.72. The number of nitrogens with two attached hydrogens (primary N) is 1. The van der Waals surface area contributed by atoms with Crippen LogP contribution in [0.2, 0.25) is 0 Å². The lowest BCUT2D eigenvalue weighted by Gasteiger charge is -1.96. The fraction of sp³-hybridized carbons (Fsp3) is 0.143. The van der Waals surface area contributed by atoms with Crippen LogP contribution in [0.15, 0.2) is 36.7 Å². The molecule has 3 N–H and O–H groups in total. The van der Waals surface area contributed by atoms with Crippen molar-refractivity contribution < 1.29 is 0 Å². The van der Waals surface area contributed by atoms with Gasteiger partial charge in [-0.25, -0.2) is 4.98 Å². The third kappa shape index (κ3) is 1.76. The van der Waals surface area contributed by atoms with Gasteiger partial charge in [-0.15, -0.1) is 0 Å². The van der Waals surface area contributed by atoms with Gasteiger partial charge < -0.3 is 10.7 Å². The molecular formula is C14H14N4. The monoisotopic (exact) mass is 238 g/mol. The number of benzene rings is 1. The third-order valence-corrected chi connectivity index (χ3v) is 2.96.